The maximum Gasteiger partial charge on any atom is 0.260 e. The summed E-state index contributed by atoms with van der Waals surface area (Å²) in [6.45, 7) is 9.31. The molecule has 2 heterocycles. The van der Waals surface area contributed by atoms with Crippen molar-refractivity contribution in [3.05, 3.63) is 45.8 Å². The molecule has 1 aliphatic carbocycles. The lowest BCUT2D eigenvalue weighted by Crippen LogP contribution is -2.42. The molecule has 33 heavy (non-hydrogen) atoms. The molecular weight excluding hydrogens is 434 g/mol. The van der Waals surface area contributed by atoms with Crippen LogP contribution in [0.4, 0.5) is 5.00 Å². The van der Waals surface area contributed by atoms with E-state index >= 15 is 0 Å². The van der Waals surface area contributed by atoms with Gasteiger partial charge in [-0.25, -0.2) is 4.99 Å². The van der Waals surface area contributed by atoms with E-state index < -0.39 is 0 Å². The van der Waals surface area contributed by atoms with E-state index in [0.29, 0.717) is 38.0 Å². The molecule has 1 aromatic carbocycles. The number of hydrogen-bond acceptors (Lipinski definition) is 6. The van der Waals surface area contributed by atoms with Crippen LogP contribution in [-0.4, -0.2) is 49.9 Å². The number of fused-ring (bicyclic) bond motifs is 1. The first-order chi connectivity index (χ1) is 15.8. The van der Waals surface area contributed by atoms with Gasteiger partial charge in [0.05, 0.1) is 18.8 Å². The van der Waals surface area contributed by atoms with E-state index in [0.717, 1.165) is 35.4 Å². The van der Waals surface area contributed by atoms with Gasteiger partial charge in [0, 0.05) is 24.2 Å². The van der Waals surface area contributed by atoms with Crippen molar-refractivity contribution >= 4 is 28.5 Å². The molecule has 0 unspecified atom stereocenters. The van der Waals surface area contributed by atoms with Gasteiger partial charge in [0.1, 0.15) is 16.8 Å². The summed E-state index contributed by atoms with van der Waals surface area (Å²) in [5, 5.41) is 10.5. The van der Waals surface area contributed by atoms with Crippen LogP contribution in [-0.2, 0) is 22.4 Å². The van der Waals surface area contributed by atoms with E-state index in [4.69, 9.17) is 9.47 Å². The minimum atomic E-state index is -0.0247. The van der Waals surface area contributed by atoms with Gasteiger partial charge in [-0.3, -0.25) is 4.79 Å². The second-order valence-corrected chi connectivity index (χ2v) is 10.8. The summed E-state index contributed by atoms with van der Waals surface area (Å²) in [7, 11) is 0. The molecule has 0 saturated carbocycles. The number of ether oxygens (including phenoxy) is 2. The molecule has 2 aromatic rings. The van der Waals surface area contributed by atoms with Crippen molar-refractivity contribution in [2.24, 2.45) is 16.3 Å². The van der Waals surface area contributed by atoms with Crippen LogP contribution >= 0.6 is 11.3 Å². The van der Waals surface area contributed by atoms with Crippen LogP contribution in [0.2, 0.25) is 0 Å². The molecule has 0 N–H and O–H groups in total. The highest BCUT2D eigenvalue weighted by atomic mass is 32.1. The molecule has 174 valence electrons. The molecule has 0 spiro atoms. The number of aliphatic imine (C=N–C) groups is 1. The number of benzene rings is 1. The number of rotatable bonds is 5. The molecule has 1 atom stereocenters. The molecule has 1 aromatic heterocycles. The van der Waals surface area contributed by atoms with Crippen LogP contribution < -0.4 is 4.74 Å². The molecule has 1 saturated heterocycles. The van der Waals surface area contributed by atoms with Crippen molar-refractivity contribution in [1.29, 1.82) is 5.26 Å². The van der Waals surface area contributed by atoms with Crippen molar-refractivity contribution in [2.75, 3.05) is 32.9 Å². The van der Waals surface area contributed by atoms with E-state index in [1.807, 2.05) is 24.3 Å². The number of nitrogens with zero attached hydrogens (tertiary/aromatic N) is 3. The van der Waals surface area contributed by atoms with Gasteiger partial charge in [0.25, 0.3) is 5.91 Å². The Morgan fingerprint density at radius 2 is 2.03 bits per heavy atom. The van der Waals surface area contributed by atoms with Crippen LogP contribution in [0, 0.1) is 22.7 Å². The third-order valence-corrected chi connectivity index (χ3v) is 7.68. The van der Waals surface area contributed by atoms with Gasteiger partial charge in [-0.1, -0.05) is 20.8 Å². The summed E-state index contributed by atoms with van der Waals surface area (Å²) >= 11 is 1.66. The Morgan fingerprint density at radius 3 is 2.70 bits per heavy atom. The van der Waals surface area contributed by atoms with E-state index in [9.17, 15) is 10.1 Å². The van der Waals surface area contributed by atoms with Crippen molar-refractivity contribution in [3.63, 3.8) is 0 Å². The third-order valence-electron chi connectivity index (χ3n) is 6.52. The average molecular weight is 466 g/mol. The Hall–Kier alpha value is -2.69. The average Bonchev–Trinajstić information content (AvgIpc) is 3.18. The number of carbonyl (C=O) groups is 1. The molecule has 1 fully saturated rings. The van der Waals surface area contributed by atoms with E-state index in [1.54, 1.807) is 22.5 Å². The van der Waals surface area contributed by atoms with Crippen LogP contribution in [0.5, 0.6) is 5.75 Å². The third kappa shape index (κ3) is 5.63. The second kappa shape index (κ2) is 10.1. The van der Waals surface area contributed by atoms with Gasteiger partial charge < -0.3 is 14.4 Å². The lowest BCUT2D eigenvalue weighted by Gasteiger charge is -2.33. The van der Waals surface area contributed by atoms with Crippen LogP contribution in [0.1, 0.15) is 48.8 Å². The minimum Gasteiger partial charge on any atom is -0.484 e. The first-order valence-corrected chi connectivity index (χ1v) is 12.3. The smallest absolute Gasteiger partial charge is 0.260 e. The normalized spacial score (nSPS) is 18.7. The fraction of sp³-hybridized carbons (Fsp3) is 0.500. The molecule has 4 rings (SSSR count). The van der Waals surface area contributed by atoms with E-state index in [2.05, 4.69) is 31.8 Å². The second-order valence-electron chi connectivity index (χ2n) is 9.71. The lowest BCUT2D eigenvalue weighted by atomic mass is 9.72. The number of thiophene rings is 1. The summed E-state index contributed by atoms with van der Waals surface area (Å²) in [5.41, 5.74) is 3.13. The zero-order valence-electron chi connectivity index (χ0n) is 19.6. The quantitative estimate of drug-likeness (QED) is 0.597. The summed E-state index contributed by atoms with van der Waals surface area (Å²) in [6, 6.07) is 9.89. The fourth-order valence-corrected chi connectivity index (χ4v) is 5.57. The van der Waals surface area contributed by atoms with E-state index in [-0.39, 0.29) is 17.9 Å². The van der Waals surface area contributed by atoms with Gasteiger partial charge in [-0.2, -0.15) is 5.26 Å². The Balaban J connectivity index is 1.39. The SMILES string of the molecule is CC(C)(C)[C@H]1CCc2c(sc(N=Cc3ccc(OCC(=O)N4CCOCC4)cc3)c2C#N)C1. The summed E-state index contributed by atoms with van der Waals surface area (Å²) in [5.74, 6) is 1.25. The van der Waals surface area contributed by atoms with Crippen LogP contribution in [0.15, 0.2) is 29.3 Å². The van der Waals surface area contributed by atoms with Gasteiger partial charge in [-0.15, -0.1) is 11.3 Å². The largest absolute Gasteiger partial charge is 0.484 e. The molecule has 0 radical (unpaired) electrons. The van der Waals surface area contributed by atoms with Gasteiger partial charge in [0.15, 0.2) is 6.61 Å². The first kappa shape index (κ1) is 23.5. The Bertz CT molecular complexity index is 1050. The van der Waals surface area contributed by atoms with Crippen molar-refractivity contribution < 1.29 is 14.3 Å². The molecule has 7 heteroatoms. The molecule has 0 bridgehead atoms. The molecule has 1 amide bonds. The summed E-state index contributed by atoms with van der Waals surface area (Å²) in [4.78, 5) is 20.0. The summed E-state index contributed by atoms with van der Waals surface area (Å²) < 4.78 is 10.9. The molecular formula is C26H31N3O3S. The molecule has 6 nitrogen and oxygen atoms in total. The molecule has 2 aliphatic rings. The Labute approximate surface area is 199 Å². The highest BCUT2D eigenvalue weighted by Gasteiger charge is 2.32. The van der Waals surface area contributed by atoms with Gasteiger partial charge in [0.2, 0.25) is 0 Å². The van der Waals surface area contributed by atoms with Gasteiger partial charge >= 0.3 is 0 Å². The fourth-order valence-electron chi connectivity index (χ4n) is 4.35. The number of carbonyl (C=O) groups excluding carboxylic acids is 1. The number of morpholine rings is 1. The predicted octanol–water partition coefficient (Wildman–Crippen LogP) is 4.76. The zero-order chi connectivity index (χ0) is 23.4. The van der Waals surface area contributed by atoms with Crippen molar-refractivity contribution in [3.8, 4) is 11.8 Å². The zero-order valence-corrected chi connectivity index (χ0v) is 20.4. The number of nitriles is 1. The highest BCUT2D eigenvalue weighted by molar-refractivity contribution is 7.16. The topological polar surface area (TPSA) is 74.9 Å². The standard InChI is InChI=1S/C26H31N3O3S/c1-26(2,3)19-6-9-21-22(15-27)25(33-23(21)14-19)28-16-18-4-7-20(8-5-18)32-17-24(30)29-10-12-31-13-11-29/h4-5,7-8,16,19H,6,9-14,17H2,1-3H3/t19-/m0/s1. The van der Waals surface area contributed by atoms with E-state index in [1.165, 1.54) is 10.4 Å². The van der Waals surface area contributed by atoms with Crippen LogP contribution in [0.25, 0.3) is 0 Å². The first-order valence-electron chi connectivity index (χ1n) is 11.5. The maximum absolute atomic E-state index is 12.2. The van der Waals surface area contributed by atoms with Crippen molar-refractivity contribution in [2.45, 2.75) is 40.0 Å². The Morgan fingerprint density at radius 1 is 1.30 bits per heavy atom. The van der Waals surface area contributed by atoms with Crippen LogP contribution in [0.3, 0.4) is 0 Å². The predicted molar refractivity (Wildman–Crippen MR) is 131 cm³/mol. The maximum atomic E-state index is 12.2. The van der Waals surface area contributed by atoms with Gasteiger partial charge in [-0.05, 0) is 66.0 Å². The Kier molecular flexibility index (Phi) is 7.16. The highest BCUT2D eigenvalue weighted by Crippen LogP contribution is 2.44. The minimum absolute atomic E-state index is 0.0231. The molecule has 1 aliphatic heterocycles. The lowest BCUT2D eigenvalue weighted by molar-refractivity contribution is -0.137. The monoisotopic (exact) mass is 465 g/mol. The van der Waals surface area contributed by atoms with Crippen molar-refractivity contribution in [1.82, 2.24) is 4.90 Å². The number of amides is 1. The summed E-state index contributed by atoms with van der Waals surface area (Å²) in [6.07, 6.45) is 4.91. The number of hydrogen-bond donors (Lipinski definition) is 0.